The summed E-state index contributed by atoms with van der Waals surface area (Å²) in [5.41, 5.74) is 4.26. The van der Waals surface area contributed by atoms with Crippen LogP contribution in [0.5, 0.6) is 0 Å². The van der Waals surface area contributed by atoms with Gasteiger partial charge in [0, 0.05) is 43.9 Å². The fraction of sp³-hybridized carbons (Fsp3) is 0.375. The number of likely N-dealkylation sites (tertiary alicyclic amines) is 1. The molecule has 2 aliphatic heterocycles. The van der Waals surface area contributed by atoms with E-state index >= 15 is 0 Å². The van der Waals surface area contributed by atoms with Crippen LogP contribution in [0.3, 0.4) is 0 Å². The maximum atomic E-state index is 13.2. The van der Waals surface area contributed by atoms with Crippen molar-refractivity contribution in [2.24, 2.45) is 5.92 Å². The third-order valence-electron chi connectivity index (χ3n) is 6.43. The minimum Gasteiger partial charge on any atom is -0.343 e. The summed E-state index contributed by atoms with van der Waals surface area (Å²) in [6.07, 6.45) is 5.51. The number of amides is 2. The number of aromatic nitrogens is 3. The van der Waals surface area contributed by atoms with Gasteiger partial charge in [-0.3, -0.25) is 9.59 Å². The lowest BCUT2D eigenvalue weighted by atomic mass is 9.95. The summed E-state index contributed by atoms with van der Waals surface area (Å²) < 4.78 is 4.07. The minimum atomic E-state index is -0.0152. The molecule has 0 radical (unpaired) electrons. The molecule has 1 saturated heterocycles. The van der Waals surface area contributed by atoms with E-state index in [0.29, 0.717) is 26.2 Å². The Balaban J connectivity index is 1.41. The van der Waals surface area contributed by atoms with Crippen LogP contribution in [0.1, 0.15) is 36.6 Å². The fourth-order valence-corrected chi connectivity index (χ4v) is 4.74. The number of nitrogens with zero attached hydrogens (tertiary/aromatic N) is 5. The predicted octanol–water partition coefficient (Wildman–Crippen LogP) is 3.07. The van der Waals surface area contributed by atoms with E-state index in [0.717, 1.165) is 35.6 Å². The molecule has 0 N–H and O–H groups in total. The van der Waals surface area contributed by atoms with E-state index in [1.807, 2.05) is 45.1 Å². The normalized spacial score (nSPS) is 16.6. The van der Waals surface area contributed by atoms with Crippen molar-refractivity contribution in [2.45, 2.75) is 39.8 Å². The molecule has 2 amide bonds. The highest BCUT2D eigenvalue weighted by Crippen LogP contribution is 2.32. The van der Waals surface area contributed by atoms with Crippen LogP contribution in [0.4, 0.5) is 0 Å². The van der Waals surface area contributed by atoms with Crippen LogP contribution in [0, 0.1) is 12.8 Å². The third kappa shape index (κ3) is 3.54. The second-order valence-corrected chi connectivity index (χ2v) is 8.56. The summed E-state index contributed by atoms with van der Waals surface area (Å²) >= 11 is 0. The zero-order valence-corrected chi connectivity index (χ0v) is 18.0. The fourth-order valence-electron chi connectivity index (χ4n) is 4.74. The van der Waals surface area contributed by atoms with Crippen molar-refractivity contribution in [3.05, 3.63) is 65.6 Å². The molecule has 2 aromatic heterocycles. The summed E-state index contributed by atoms with van der Waals surface area (Å²) in [6.45, 7) is 6.11. The molecule has 3 aromatic rings. The Kier molecular flexibility index (Phi) is 4.88. The Labute approximate surface area is 181 Å². The van der Waals surface area contributed by atoms with Crippen LogP contribution in [-0.4, -0.2) is 49.1 Å². The molecule has 0 aliphatic carbocycles. The van der Waals surface area contributed by atoms with Gasteiger partial charge in [0.2, 0.25) is 11.8 Å². The number of hydrogen-bond acceptors (Lipinski definition) is 3. The lowest BCUT2D eigenvalue weighted by Gasteiger charge is -2.32. The second-order valence-electron chi connectivity index (χ2n) is 8.56. The molecular formula is C24H27N5O2. The second kappa shape index (κ2) is 7.72. The molecule has 0 saturated carbocycles. The zero-order valence-electron chi connectivity index (χ0n) is 18.0. The van der Waals surface area contributed by atoms with E-state index in [-0.39, 0.29) is 17.7 Å². The van der Waals surface area contributed by atoms with E-state index in [2.05, 4.69) is 29.7 Å². The van der Waals surface area contributed by atoms with Crippen molar-refractivity contribution in [3.8, 4) is 11.5 Å². The monoisotopic (exact) mass is 417 g/mol. The van der Waals surface area contributed by atoms with E-state index in [1.165, 1.54) is 5.56 Å². The number of piperidine rings is 1. The van der Waals surface area contributed by atoms with Crippen LogP contribution in [0.15, 0.2) is 48.8 Å². The van der Waals surface area contributed by atoms with Crippen LogP contribution < -0.4 is 0 Å². The van der Waals surface area contributed by atoms with Gasteiger partial charge in [0.25, 0.3) is 0 Å². The Hall–Kier alpha value is -3.35. The van der Waals surface area contributed by atoms with Gasteiger partial charge in [0.15, 0.2) is 0 Å². The molecule has 7 heteroatoms. The Morgan fingerprint density at radius 2 is 1.74 bits per heavy atom. The van der Waals surface area contributed by atoms with E-state index < -0.39 is 0 Å². The quantitative estimate of drug-likeness (QED) is 0.658. The van der Waals surface area contributed by atoms with Crippen LogP contribution in [-0.2, 0) is 22.7 Å². The highest BCUT2D eigenvalue weighted by Gasteiger charge is 2.35. The van der Waals surface area contributed by atoms with Crippen LogP contribution in [0.2, 0.25) is 0 Å². The summed E-state index contributed by atoms with van der Waals surface area (Å²) in [4.78, 5) is 28.6. The van der Waals surface area contributed by atoms with Crippen molar-refractivity contribution in [1.82, 2.24) is 24.1 Å². The van der Waals surface area contributed by atoms with Gasteiger partial charge in [-0.15, -0.1) is 0 Å². The first-order chi connectivity index (χ1) is 15.0. The first-order valence-electron chi connectivity index (χ1n) is 10.9. The number of fused-ring (bicyclic) bond motifs is 1. The van der Waals surface area contributed by atoms with E-state index in [4.69, 9.17) is 5.10 Å². The number of carbonyl (C=O) groups is 2. The highest BCUT2D eigenvalue weighted by atomic mass is 16.2. The molecule has 0 unspecified atom stereocenters. The molecule has 160 valence electrons. The number of carbonyl (C=O) groups excluding carboxylic acids is 2. The van der Waals surface area contributed by atoms with Crippen molar-refractivity contribution < 1.29 is 9.59 Å². The smallest absolute Gasteiger partial charge is 0.226 e. The van der Waals surface area contributed by atoms with Crippen molar-refractivity contribution in [2.75, 3.05) is 13.1 Å². The molecule has 0 spiro atoms. The molecule has 2 aliphatic rings. The van der Waals surface area contributed by atoms with E-state index in [9.17, 15) is 9.59 Å². The van der Waals surface area contributed by atoms with Gasteiger partial charge >= 0.3 is 0 Å². The lowest BCUT2D eigenvalue weighted by Crippen LogP contribution is -2.42. The average molecular weight is 418 g/mol. The zero-order chi connectivity index (χ0) is 21.5. The predicted molar refractivity (Wildman–Crippen MR) is 117 cm³/mol. The first kappa shape index (κ1) is 19.6. The van der Waals surface area contributed by atoms with Crippen LogP contribution in [0.25, 0.3) is 11.5 Å². The molecule has 7 nitrogen and oxygen atoms in total. The topological polar surface area (TPSA) is 63.4 Å². The minimum absolute atomic E-state index is 0.0152. The standard InChI is InChI=1S/C24H27N5O2/c1-17-6-5-7-20(14-17)29-23(27-10-3-4-11-27)21-15-28(16-22(21)25-29)24(31)19-8-12-26(13-9-19)18(2)30/h3-7,10-11,14,19H,8-9,12-13,15-16H2,1-2H3. The van der Waals surface area contributed by atoms with E-state index in [1.54, 1.807) is 6.92 Å². The average Bonchev–Trinajstić information content (AvgIpc) is 3.49. The molecular weight excluding hydrogens is 390 g/mol. The molecule has 1 fully saturated rings. The largest absolute Gasteiger partial charge is 0.343 e. The Bertz CT molecular complexity index is 1120. The summed E-state index contributed by atoms with van der Waals surface area (Å²) in [6, 6.07) is 12.3. The van der Waals surface area contributed by atoms with Crippen molar-refractivity contribution in [1.29, 1.82) is 0 Å². The van der Waals surface area contributed by atoms with Gasteiger partial charge in [-0.25, -0.2) is 4.68 Å². The number of hydrogen-bond donors (Lipinski definition) is 0. The van der Waals surface area contributed by atoms with Gasteiger partial charge in [-0.2, -0.15) is 5.10 Å². The molecule has 0 bridgehead atoms. The number of aryl methyl sites for hydroxylation is 1. The highest BCUT2D eigenvalue weighted by molar-refractivity contribution is 5.80. The summed E-state index contributed by atoms with van der Waals surface area (Å²) in [5.74, 6) is 1.25. The molecule has 1 aromatic carbocycles. The number of benzene rings is 1. The maximum absolute atomic E-state index is 13.2. The Morgan fingerprint density at radius 1 is 1.00 bits per heavy atom. The molecule has 5 rings (SSSR count). The SMILES string of the molecule is CC(=O)N1CCC(C(=O)N2Cc3nn(-c4cccc(C)c4)c(-n4cccc4)c3C2)CC1. The van der Waals surface area contributed by atoms with Gasteiger partial charge < -0.3 is 14.4 Å². The van der Waals surface area contributed by atoms with Gasteiger partial charge in [0.05, 0.1) is 24.5 Å². The Morgan fingerprint density at radius 3 is 2.42 bits per heavy atom. The van der Waals surface area contributed by atoms with Gasteiger partial charge in [0.1, 0.15) is 5.82 Å². The van der Waals surface area contributed by atoms with Crippen LogP contribution >= 0.6 is 0 Å². The maximum Gasteiger partial charge on any atom is 0.226 e. The molecule has 31 heavy (non-hydrogen) atoms. The first-order valence-corrected chi connectivity index (χ1v) is 10.9. The summed E-state index contributed by atoms with van der Waals surface area (Å²) in [7, 11) is 0. The molecule has 4 heterocycles. The van der Waals surface area contributed by atoms with Crippen molar-refractivity contribution in [3.63, 3.8) is 0 Å². The lowest BCUT2D eigenvalue weighted by molar-refractivity contribution is -0.140. The van der Waals surface area contributed by atoms with Gasteiger partial charge in [-0.05, 0) is 49.6 Å². The molecule has 0 atom stereocenters. The summed E-state index contributed by atoms with van der Waals surface area (Å²) in [5, 5.41) is 4.92. The third-order valence-corrected chi connectivity index (χ3v) is 6.43. The van der Waals surface area contributed by atoms with Crippen molar-refractivity contribution >= 4 is 11.8 Å². The van der Waals surface area contributed by atoms with Gasteiger partial charge in [-0.1, -0.05) is 12.1 Å². The number of rotatable bonds is 3.